The molecule has 0 saturated carbocycles. The third kappa shape index (κ3) is 4.33. The Morgan fingerprint density at radius 3 is 1.86 bits per heavy atom. The molecule has 0 spiro atoms. The molecule has 1 heterocycles. The maximum Gasteiger partial charge on any atom is 0.253 e. The number of hydroxylamine groups is 2. The van der Waals surface area contributed by atoms with Crippen LogP contribution in [0.3, 0.4) is 0 Å². The SMILES string of the molecule is CC(Br)C(=O)[O-].O=C1CCC(=O)N1O. The first-order valence-corrected chi connectivity index (χ1v) is 4.67. The molecule has 0 aliphatic carbocycles. The second-order valence-corrected chi connectivity index (χ2v) is 3.91. The van der Waals surface area contributed by atoms with Crippen molar-refractivity contribution in [2.75, 3.05) is 0 Å². The Hall–Kier alpha value is -0.950. The maximum atomic E-state index is 10.2. The lowest BCUT2D eigenvalue weighted by Crippen LogP contribution is -2.29. The molecule has 0 aromatic carbocycles. The number of rotatable bonds is 1. The number of carboxylic acids is 1. The molecule has 0 radical (unpaired) electrons. The van der Waals surface area contributed by atoms with Gasteiger partial charge in [-0.05, 0) is 6.92 Å². The van der Waals surface area contributed by atoms with Crippen molar-refractivity contribution in [1.29, 1.82) is 0 Å². The number of halogens is 1. The van der Waals surface area contributed by atoms with Crippen LogP contribution in [-0.4, -0.2) is 32.9 Å². The molecule has 0 aromatic rings. The largest absolute Gasteiger partial charge is 0.549 e. The molecule has 1 fully saturated rings. The number of hydrogen-bond donors (Lipinski definition) is 1. The van der Waals surface area contributed by atoms with Crippen LogP contribution in [0.15, 0.2) is 0 Å². The molecular formula is C7H9BrNO5-. The highest BCUT2D eigenvalue weighted by atomic mass is 79.9. The van der Waals surface area contributed by atoms with Crippen LogP contribution in [0.4, 0.5) is 0 Å². The lowest BCUT2D eigenvalue weighted by Gasteiger charge is -1.99. The van der Waals surface area contributed by atoms with Gasteiger partial charge in [0.15, 0.2) is 0 Å². The van der Waals surface area contributed by atoms with Crippen LogP contribution >= 0.6 is 15.9 Å². The third-order valence-corrected chi connectivity index (χ3v) is 1.72. The van der Waals surface area contributed by atoms with Crippen LogP contribution in [-0.2, 0) is 14.4 Å². The summed E-state index contributed by atoms with van der Waals surface area (Å²) >= 11 is 2.78. The van der Waals surface area contributed by atoms with E-state index in [9.17, 15) is 19.5 Å². The predicted molar refractivity (Wildman–Crippen MR) is 46.3 cm³/mol. The summed E-state index contributed by atoms with van der Waals surface area (Å²) in [5.41, 5.74) is 0. The van der Waals surface area contributed by atoms with Gasteiger partial charge in [0.05, 0.1) is 10.8 Å². The van der Waals surface area contributed by atoms with E-state index in [1.807, 2.05) is 0 Å². The van der Waals surface area contributed by atoms with E-state index in [-0.39, 0.29) is 17.9 Å². The van der Waals surface area contributed by atoms with Gasteiger partial charge in [0.2, 0.25) is 0 Å². The number of carboxylic acid groups (broad SMARTS) is 1. The summed E-state index contributed by atoms with van der Waals surface area (Å²) in [5.74, 6) is -2.08. The lowest BCUT2D eigenvalue weighted by atomic mass is 10.4. The molecule has 1 atom stereocenters. The van der Waals surface area contributed by atoms with Gasteiger partial charge in [-0.3, -0.25) is 14.8 Å². The van der Waals surface area contributed by atoms with Crippen LogP contribution < -0.4 is 5.11 Å². The van der Waals surface area contributed by atoms with Gasteiger partial charge in [0, 0.05) is 12.8 Å². The number of carbonyl (C=O) groups is 3. The molecule has 6 nitrogen and oxygen atoms in total. The number of amides is 2. The van der Waals surface area contributed by atoms with E-state index in [2.05, 4.69) is 15.9 Å². The fourth-order valence-corrected chi connectivity index (χ4v) is 0.565. The molecule has 1 aliphatic heterocycles. The number of imide groups is 1. The highest BCUT2D eigenvalue weighted by Crippen LogP contribution is 2.06. The Labute approximate surface area is 88.6 Å². The zero-order valence-electron chi connectivity index (χ0n) is 7.40. The van der Waals surface area contributed by atoms with E-state index >= 15 is 0 Å². The van der Waals surface area contributed by atoms with Crippen LogP contribution in [0.1, 0.15) is 19.8 Å². The van der Waals surface area contributed by atoms with Crippen molar-refractivity contribution in [2.24, 2.45) is 0 Å². The first-order chi connectivity index (χ1) is 6.36. The Morgan fingerprint density at radius 2 is 1.79 bits per heavy atom. The summed E-state index contributed by atoms with van der Waals surface area (Å²) in [6.45, 7) is 1.50. The standard InChI is InChI=1S/C4H5NO3.C3H5BrO2/c6-3-1-2-4(7)5(3)8;1-2(4)3(5)6/h8H,1-2H2;2H,1H3,(H,5,6)/p-1. The molecule has 1 unspecified atom stereocenters. The third-order valence-electron chi connectivity index (χ3n) is 1.35. The molecule has 14 heavy (non-hydrogen) atoms. The second kappa shape index (κ2) is 5.71. The van der Waals surface area contributed by atoms with Crippen LogP contribution in [0.5, 0.6) is 0 Å². The van der Waals surface area contributed by atoms with E-state index in [0.29, 0.717) is 0 Å². The molecule has 1 rings (SSSR count). The zero-order chi connectivity index (χ0) is 11.3. The summed E-state index contributed by atoms with van der Waals surface area (Å²) in [7, 11) is 0. The highest BCUT2D eigenvalue weighted by Gasteiger charge is 2.26. The monoisotopic (exact) mass is 266 g/mol. The molecule has 0 bridgehead atoms. The second-order valence-electron chi connectivity index (χ2n) is 2.53. The van der Waals surface area contributed by atoms with Gasteiger partial charge in [-0.2, -0.15) is 5.06 Å². The van der Waals surface area contributed by atoms with Gasteiger partial charge in [-0.25, -0.2) is 0 Å². The highest BCUT2D eigenvalue weighted by molar-refractivity contribution is 9.10. The Balaban J connectivity index is 0.000000255. The van der Waals surface area contributed by atoms with Crippen molar-refractivity contribution < 1.29 is 24.7 Å². The normalized spacial score (nSPS) is 17.5. The molecule has 1 N–H and O–H groups in total. The summed E-state index contributed by atoms with van der Waals surface area (Å²) in [4.78, 5) is 29.5. The lowest BCUT2D eigenvalue weighted by molar-refractivity contribution is -0.304. The van der Waals surface area contributed by atoms with Crippen molar-refractivity contribution in [1.82, 2.24) is 5.06 Å². The first-order valence-electron chi connectivity index (χ1n) is 3.76. The maximum absolute atomic E-state index is 10.2. The summed E-state index contributed by atoms with van der Waals surface area (Å²) in [5, 5.41) is 18.1. The topological polar surface area (TPSA) is 97.7 Å². The van der Waals surface area contributed by atoms with Gasteiger partial charge < -0.3 is 9.90 Å². The minimum absolute atomic E-state index is 0.148. The molecule has 2 amide bonds. The number of carbonyl (C=O) groups excluding carboxylic acids is 3. The average Bonchev–Trinajstić information content (AvgIpc) is 2.37. The first kappa shape index (κ1) is 13.1. The van der Waals surface area contributed by atoms with E-state index in [0.717, 1.165) is 0 Å². The smallest absolute Gasteiger partial charge is 0.253 e. The minimum atomic E-state index is -1.07. The van der Waals surface area contributed by atoms with Gasteiger partial charge in [-0.15, -0.1) is 0 Å². The molecule has 80 valence electrons. The Morgan fingerprint density at radius 1 is 1.50 bits per heavy atom. The van der Waals surface area contributed by atoms with Crippen molar-refractivity contribution in [2.45, 2.75) is 24.6 Å². The Kier molecular flexibility index (Phi) is 5.32. The summed E-state index contributed by atoms with van der Waals surface area (Å²) in [6, 6.07) is 0. The van der Waals surface area contributed by atoms with E-state index < -0.39 is 22.6 Å². The van der Waals surface area contributed by atoms with Crippen molar-refractivity contribution in [3.8, 4) is 0 Å². The molecular weight excluding hydrogens is 258 g/mol. The number of aliphatic carboxylic acids is 1. The van der Waals surface area contributed by atoms with Gasteiger partial charge >= 0.3 is 0 Å². The average molecular weight is 267 g/mol. The van der Waals surface area contributed by atoms with Crippen LogP contribution in [0, 0.1) is 0 Å². The van der Waals surface area contributed by atoms with Crippen molar-refractivity contribution in [3.05, 3.63) is 0 Å². The molecule has 1 aliphatic rings. The van der Waals surface area contributed by atoms with E-state index in [1.54, 1.807) is 0 Å². The Bertz CT molecular complexity index is 236. The zero-order valence-corrected chi connectivity index (χ0v) is 8.98. The fourth-order valence-electron chi connectivity index (χ4n) is 0.565. The molecule has 7 heteroatoms. The van der Waals surface area contributed by atoms with E-state index in [1.165, 1.54) is 6.92 Å². The van der Waals surface area contributed by atoms with Crippen LogP contribution in [0.2, 0.25) is 0 Å². The number of hydrogen-bond acceptors (Lipinski definition) is 5. The predicted octanol–water partition coefficient (Wildman–Crippen LogP) is -0.956. The fraction of sp³-hybridized carbons (Fsp3) is 0.571. The number of alkyl halides is 1. The summed E-state index contributed by atoms with van der Waals surface area (Å²) in [6.07, 6.45) is 0.296. The van der Waals surface area contributed by atoms with E-state index in [4.69, 9.17) is 5.21 Å². The van der Waals surface area contributed by atoms with Gasteiger partial charge in [0.1, 0.15) is 0 Å². The van der Waals surface area contributed by atoms with Crippen molar-refractivity contribution in [3.63, 3.8) is 0 Å². The number of nitrogens with zero attached hydrogens (tertiary/aromatic N) is 1. The van der Waals surface area contributed by atoms with Crippen molar-refractivity contribution >= 4 is 33.7 Å². The summed E-state index contributed by atoms with van der Waals surface area (Å²) < 4.78 is 0. The quantitative estimate of drug-likeness (QED) is 0.375. The molecule has 1 saturated heterocycles. The van der Waals surface area contributed by atoms with Gasteiger partial charge in [0.25, 0.3) is 11.8 Å². The minimum Gasteiger partial charge on any atom is -0.549 e. The van der Waals surface area contributed by atoms with Gasteiger partial charge in [-0.1, -0.05) is 15.9 Å². The van der Waals surface area contributed by atoms with Crippen LogP contribution in [0.25, 0.3) is 0 Å². The molecule has 0 aromatic heterocycles.